The van der Waals surface area contributed by atoms with Crippen LogP contribution in [0.3, 0.4) is 0 Å². The van der Waals surface area contributed by atoms with Gasteiger partial charge >= 0.3 is 0 Å². The van der Waals surface area contributed by atoms with E-state index in [0.29, 0.717) is 12.2 Å². The first kappa shape index (κ1) is 18.3. The number of aromatic nitrogens is 2. The minimum Gasteiger partial charge on any atom is -0.497 e. The minimum atomic E-state index is -0.0935. The van der Waals surface area contributed by atoms with E-state index in [4.69, 9.17) is 9.84 Å². The summed E-state index contributed by atoms with van der Waals surface area (Å²) < 4.78 is 7.10. The Hall–Kier alpha value is -3.12. The van der Waals surface area contributed by atoms with Crippen molar-refractivity contribution < 1.29 is 9.53 Å². The zero-order valence-electron chi connectivity index (χ0n) is 15.9. The second-order valence-corrected chi connectivity index (χ2v) is 6.86. The molecule has 0 unspecified atom stereocenters. The summed E-state index contributed by atoms with van der Waals surface area (Å²) in [4.78, 5) is 12.3. The number of carbonyl (C=O) groups is 1. The van der Waals surface area contributed by atoms with Crippen LogP contribution in [0.4, 0.5) is 0 Å². The minimum absolute atomic E-state index is 0.0529. The number of methoxy groups -OCH3 is 1. The van der Waals surface area contributed by atoms with E-state index in [9.17, 15) is 4.79 Å². The average molecular weight is 376 g/mol. The van der Waals surface area contributed by atoms with Crippen molar-refractivity contribution in [2.75, 3.05) is 20.2 Å². The van der Waals surface area contributed by atoms with E-state index in [1.807, 2.05) is 36.4 Å². The maximum Gasteiger partial charge on any atom is 0.269 e. The summed E-state index contributed by atoms with van der Waals surface area (Å²) in [5, 5.41) is 11.2. The zero-order valence-corrected chi connectivity index (χ0v) is 15.9. The fourth-order valence-corrected chi connectivity index (χ4v) is 3.46. The monoisotopic (exact) mass is 376 g/mol. The van der Waals surface area contributed by atoms with Gasteiger partial charge in [0.2, 0.25) is 0 Å². The number of nitrogens with zero attached hydrogens (tertiary/aromatic N) is 2. The molecule has 0 radical (unpaired) electrons. The first-order valence-electron chi connectivity index (χ1n) is 9.54. The first-order chi connectivity index (χ1) is 13.7. The lowest BCUT2D eigenvalue weighted by Gasteiger charge is -2.25. The molecular weight excluding hydrogens is 352 g/mol. The summed E-state index contributed by atoms with van der Waals surface area (Å²) in [5.41, 5.74) is 3.60. The fourth-order valence-electron chi connectivity index (χ4n) is 3.46. The number of fused-ring (bicyclic) bond motifs is 1. The molecule has 0 fully saturated rings. The van der Waals surface area contributed by atoms with Crippen LogP contribution in [0.2, 0.25) is 0 Å². The number of hydrogen-bond donors (Lipinski definition) is 2. The molecular formula is C22H24N4O2. The largest absolute Gasteiger partial charge is 0.497 e. The third-order valence-electron chi connectivity index (χ3n) is 4.95. The van der Waals surface area contributed by atoms with Gasteiger partial charge in [0.25, 0.3) is 5.91 Å². The molecule has 2 aromatic carbocycles. The van der Waals surface area contributed by atoms with Gasteiger partial charge in [-0.25, -0.2) is 4.68 Å². The number of aryl methyl sites for hydroxylation is 1. The van der Waals surface area contributed by atoms with Crippen molar-refractivity contribution in [3.05, 3.63) is 71.9 Å². The first-order valence-corrected chi connectivity index (χ1v) is 9.54. The molecule has 0 spiro atoms. The van der Waals surface area contributed by atoms with E-state index in [0.717, 1.165) is 36.4 Å². The van der Waals surface area contributed by atoms with Crippen LogP contribution in [0.5, 0.6) is 5.75 Å². The van der Waals surface area contributed by atoms with Gasteiger partial charge in [0, 0.05) is 5.56 Å². The van der Waals surface area contributed by atoms with Crippen LogP contribution in [0, 0.1) is 0 Å². The van der Waals surface area contributed by atoms with Gasteiger partial charge in [-0.3, -0.25) is 10.1 Å². The van der Waals surface area contributed by atoms with Gasteiger partial charge in [-0.15, -0.1) is 0 Å². The summed E-state index contributed by atoms with van der Waals surface area (Å²) in [6.45, 7) is 1.37. The summed E-state index contributed by atoms with van der Waals surface area (Å²) in [6, 6.07) is 20.0. The quantitative estimate of drug-likeness (QED) is 0.622. The fraction of sp³-hybridized carbons (Fsp3) is 0.273. The smallest absolute Gasteiger partial charge is 0.269 e. The van der Waals surface area contributed by atoms with Crippen LogP contribution < -0.4 is 15.4 Å². The van der Waals surface area contributed by atoms with E-state index >= 15 is 0 Å². The van der Waals surface area contributed by atoms with Gasteiger partial charge in [0.05, 0.1) is 19.3 Å². The second-order valence-electron chi connectivity index (χ2n) is 6.86. The van der Waals surface area contributed by atoms with E-state index < -0.39 is 0 Å². The molecule has 2 heterocycles. The molecule has 1 aliphatic heterocycles. The Kier molecular flexibility index (Phi) is 5.39. The lowest BCUT2D eigenvalue weighted by atomic mass is 10.1. The molecule has 1 aromatic heterocycles. The van der Waals surface area contributed by atoms with Crippen molar-refractivity contribution in [1.29, 1.82) is 0 Å². The van der Waals surface area contributed by atoms with Crippen molar-refractivity contribution in [3.63, 3.8) is 0 Å². The van der Waals surface area contributed by atoms with E-state index in [2.05, 4.69) is 34.9 Å². The van der Waals surface area contributed by atoms with Crippen molar-refractivity contribution in [3.8, 4) is 17.0 Å². The molecule has 6 heteroatoms. The Morgan fingerprint density at radius 1 is 1.18 bits per heavy atom. The SMILES string of the molecule is COc1cccc(-c2cc3n(n2)[C@@H](NCCCc2ccccc2)CNC3=O)c1. The Morgan fingerprint density at radius 3 is 2.86 bits per heavy atom. The lowest BCUT2D eigenvalue weighted by molar-refractivity contribution is 0.0900. The molecule has 0 saturated heterocycles. The van der Waals surface area contributed by atoms with Crippen LogP contribution in [-0.2, 0) is 6.42 Å². The highest BCUT2D eigenvalue weighted by atomic mass is 16.5. The van der Waals surface area contributed by atoms with Crippen LogP contribution in [0.15, 0.2) is 60.7 Å². The van der Waals surface area contributed by atoms with E-state index in [-0.39, 0.29) is 12.1 Å². The molecule has 1 amide bonds. The number of nitrogens with one attached hydrogen (secondary N) is 2. The van der Waals surface area contributed by atoms with E-state index in [1.54, 1.807) is 11.8 Å². The highest BCUT2D eigenvalue weighted by molar-refractivity contribution is 5.94. The molecule has 0 aliphatic carbocycles. The number of ether oxygens (including phenoxy) is 1. The number of hydrogen-bond acceptors (Lipinski definition) is 4. The summed E-state index contributed by atoms with van der Waals surface area (Å²) >= 11 is 0. The van der Waals surface area contributed by atoms with Gasteiger partial charge in [0.1, 0.15) is 17.6 Å². The van der Waals surface area contributed by atoms with Gasteiger partial charge < -0.3 is 10.1 Å². The molecule has 1 atom stereocenters. The van der Waals surface area contributed by atoms with Gasteiger partial charge in [0.15, 0.2) is 0 Å². The number of benzene rings is 2. The molecule has 2 N–H and O–H groups in total. The van der Waals surface area contributed by atoms with Crippen LogP contribution in [0.25, 0.3) is 11.3 Å². The Balaban J connectivity index is 1.46. The standard InChI is InChI=1S/C22H24N4O2/c1-28-18-11-5-10-17(13-18)19-14-20-22(27)24-15-21(26(20)25-19)23-12-6-9-16-7-3-2-4-8-16/h2-5,7-8,10-11,13-14,21,23H,6,9,12,15H2,1H3,(H,24,27)/t21-/m1/s1. The maximum atomic E-state index is 12.3. The Morgan fingerprint density at radius 2 is 2.04 bits per heavy atom. The lowest BCUT2D eigenvalue weighted by Crippen LogP contribution is -2.45. The Bertz CT molecular complexity index is 952. The molecule has 0 bridgehead atoms. The topological polar surface area (TPSA) is 68.2 Å². The highest BCUT2D eigenvalue weighted by Crippen LogP contribution is 2.25. The molecule has 1 aliphatic rings. The van der Waals surface area contributed by atoms with Gasteiger partial charge in [-0.2, -0.15) is 5.10 Å². The highest BCUT2D eigenvalue weighted by Gasteiger charge is 2.27. The van der Waals surface area contributed by atoms with Crippen molar-refractivity contribution in [1.82, 2.24) is 20.4 Å². The summed E-state index contributed by atoms with van der Waals surface area (Å²) in [7, 11) is 1.64. The van der Waals surface area contributed by atoms with Gasteiger partial charge in [-0.05, 0) is 43.1 Å². The second kappa shape index (κ2) is 8.27. The van der Waals surface area contributed by atoms with Crippen molar-refractivity contribution in [2.45, 2.75) is 19.0 Å². The number of rotatable bonds is 7. The van der Waals surface area contributed by atoms with Crippen molar-refractivity contribution in [2.24, 2.45) is 0 Å². The molecule has 144 valence electrons. The maximum absolute atomic E-state index is 12.3. The predicted molar refractivity (Wildman–Crippen MR) is 108 cm³/mol. The molecule has 3 aromatic rings. The summed E-state index contributed by atoms with van der Waals surface area (Å²) in [6.07, 6.45) is 1.99. The van der Waals surface area contributed by atoms with Crippen LogP contribution >= 0.6 is 0 Å². The molecule has 28 heavy (non-hydrogen) atoms. The third kappa shape index (κ3) is 3.92. The predicted octanol–water partition coefficient (Wildman–Crippen LogP) is 3.02. The molecule has 6 nitrogen and oxygen atoms in total. The average Bonchev–Trinajstić information content (AvgIpc) is 3.20. The Labute approximate surface area is 164 Å². The molecule has 4 rings (SSSR count). The summed E-state index contributed by atoms with van der Waals surface area (Å²) in [5.74, 6) is 0.674. The zero-order chi connectivity index (χ0) is 19.3. The van der Waals surface area contributed by atoms with Crippen LogP contribution in [-0.4, -0.2) is 35.9 Å². The third-order valence-corrected chi connectivity index (χ3v) is 4.95. The van der Waals surface area contributed by atoms with Gasteiger partial charge in [-0.1, -0.05) is 42.5 Å². The van der Waals surface area contributed by atoms with E-state index in [1.165, 1.54) is 5.56 Å². The van der Waals surface area contributed by atoms with Crippen LogP contribution in [0.1, 0.15) is 28.6 Å². The molecule has 0 saturated carbocycles. The normalized spacial score (nSPS) is 15.8. The number of amides is 1. The number of carbonyl (C=O) groups excluding carboxylic acids is 1. The van der Waals surface area contributed by atoms with Crippen molar-refractivity contribution >= 4 is 5.91 Å².